The quantitative estimate of drug-likeness (QED) is 0.591. The molecule has 2 aliphatic heterocycles. The van der Waals surface area contributed by atoms with E-state index in [2.05, 4.69) is 36.9 Å². The minimum absolute atomic E-state index is 0.342. The Morgan fingerprint density at radius 1 is 1.19 bits per heavy atom. The second-order valence-corrected chi connectivity index (χ2v) is 7.66. The van der Waals surface area contributed by atoms with Crippen molar-refractivity contribution in [2.75, 3.05) is 12.3 Å². The number of rotatable bonds is 5. The fourth-order valence-corrected chi connectivity index (χ4v) is 4.34. The summed E-state index contributed by atoms with van der Waals surface area (Å²) in [6, 6.07) is 18.2. The normalized spacial score (nSPS) is 28.3. The van der Waals surface area contributed by atoms with Crippen molar-refractivity contribution in [2.24, 2.45) is 0 Å². The van der Waals surface area contributed by atoms with Crippen LogP contribution in [-0.2, 0) is 11.3 Å². The fraction of sp³-hybridized carbons (Fsp3) is 0.333. The third-order valence-corrected chi connectivity index (χ3v) is 5.79. The van der Waals surface area contributed by atoms with E-state index in [-0.39, 0.29) is 6.10 Å². The lowest BCUT2D eigenvalue weighted by Gasteiger charge is -2.26. The largest absolute Gasteiger partial charge is 0.393 e. The predicted molar refractivity (Wildman–Crippen MR) is 108 cm³/mol. The minimum Gasteiger partial charge on any atom is -0.393 e. The summed E-state index contributed by atoms with van der Waals surface area (Å²) in [5, 5.41) is 13.0. The third kappa shape index (κ3) is 3.45. The SMILES string of the molecule is OC1CCN2OC2(/C(Cc2ccccc2)=C(\CS)c2ccc(Cl)cc2)C1. The lowest BCUT2D eigenvalue weighted by Crippen LogP contribution is -2.35. The van der Waals surface area contributed by atoms with Gasteiger partial charge in [-0.05, 0) is 47.2 Å². The van der Waals surface area contributed by atoms with Crippen molar-refractivity contribution in [2.45, 2.75) is 31.1 Å². The van der Waals surface area contributed by atoms with Gasteiger partial charge in [0.2, 0.25) is 0 Å². The maximum atomic E-state index is 10.3. The average molecular weight is 388 g/mol. The van der Waals surface area contributed by atoms with Gasteiger partial charge in [-0.3, -0.25) is 4.84 Å². The van der Waals surface area contributed by atoms with Gasteiger partial charge < -0.3 is 5.11 Å². The molecule has 3 atom stereocenters. The number of nitrogens with zero attached hydrogens (tertiary/aromatic N) is 1. The molecule has 0 radical (unpaired) electrons. The topological polar surface area (TPSA) is 35.8 Å². The van der Waals surface area contributed by atoms with Crippen LogP contribution in [0.15, 0.2) is 60.2 Å². The van der Waals surface area contributed by atoms with Crippen LogP contribution in [0.3, 0.4) is 0 Å². The molecule has 2 heterocycles. The standard InChI is InChI=1S/C21H22ClNO2S/c22-17-8-6-16(7-9-17)19(14-26)20(12-15-4-2-1-3-5-15)21-13-18(24)10-11-23(21)25-21/h1-9,18,24,26H,10-14H2/b20-19+. The first-order valence-electron chi connectivity index (χ1n) is 8.90. The molecule has 4 rings (SSSR count). The maximum absolute atomic E-state index is 10.3. The summed E-state index contributed by atoms with van der Waals surface area (Å²) in [5.74, 6) is 0.596. The monoisotopic (exact) mass is 387 g/mol. The van der Waals surface area contributed by atoms with Crippen molar-refractivity contribution in [3.8, 4) is 0 Å². The molecule has 1 N–H and O–H groups in total. The van der Waals surface area contributed by atoms with Gasteiger partial charge in [0.05, 0.1) is 6.10 Å². The van der Waals surface area contributed by atoms with Gasteiger partial charge in [0.1, 0.15) is 0 Å². The highest BCUT2D eigenvalue weighted by atomic mass is 35.5. The Bertz CT molecular complexity index is 809. The molecule has 3 nitrogen and oxygen atoms in total. The number of hydrogen-bond donors (Lipinski definition) is 2. The minimum atomic E-state index is -0.509. The molecule has 0 spiro atoms. The molecular formula is C21H22ClNO2S. The van der Waals surface area contributed by atoms with Gasteiger partial charge in [0.25, 0.3) is 0 Å². The first-order chi connectivity index (χ1) is 12.6. The molecule has 5 heteroatoms. The van der Waals surface area contributed by atoms with Crippen LogP contribution in [0.4, 0.5) is 0 Å². The average Bonchev–Trinajstić information content (AvgIpc) is 3.38. The molecule has 2 fully saturated rings. The molecule has 0 bridgehead atoms. The predicted octanol–water partition coefficient (Wildman–Crippen LogP) is 4.36. The van der Waals surface area contributed by atoms with Gasteiger partial charge >= 0.3 is 0 Å². The summed E-state index contributed by atoms with van der Waals surface area (Å²) in [6.45, 7) is 0.750. The van der Waals surface area contributed by atoms with Crippen LogP contribution in [0, 0.1) is 0 Å². The first-order valence-corrected chi connectivity index (χ1v) is 9.91. The van der Waals surface area contributed by atoms with Crippen molar-refractivity contribution >= 4 is 29.8 Å². The number of benzene rings is 2. The summed E-state index contributed by atoms with van der Waals surface area (Å²) in [7, 11) is 0. The van der Waals surface area contributed by atoms with Crippen molar-refractivity contribution in [3.05, 3.63) is 76.3 Å². The number of halogens is 1. The van der Waals surface area contributed by atoms with Crippen LogP contribution in [0.2, 0.25) is 5.02 Å². The number of hydrogen-bond acceptors (Lipinski definition) is 4. The zero-order valence-electron chi connectivity index (χ0n) is 14.4. The highest BCUT2D eigenvalue weighted by molar-refractivity contribution is 7.80. The van der Waals surface area contributed by atoms with Crippen LogP contribution in [0.1, 0.15) is 24.0 Å². The highest BCUT2D eigenvalue weighted by Crippen LogP contribution is 2.51. The number of thiol groups is 1. The van der Waals surface area contributed by atoms with E-state index in [1.54, 1.807) is 0 Å². The molecule has 26 heavy (non-hydrogen) atoms. The number of hydroxylamine groups is 2. The molecule has 136 valence electrons. The number of fused-ring (bicyclic) bond motifs is 1. The molecule has 0 amide bonds. The molecule has 2 aromatic rings. The molecule has 2 aliphatic rings. The Morgan fingerprint density at radius 3 is 2.62 bits per heavy atom. The van der Waals surface area contributed by atoms with Crippen molar-refractivity contribution in [3.63, 3.8) is 0 Å². The van der Waals surface area contributed by atoms with Gasteiger partial charge in [0, 0.05) is 23.7 Å². The Morgan fingerprint density at radius 2 is 1.92 bits per heavy atom. The third-order valence-electron chi connectivity index (χ3n) is 5.22. The summed E-state index contributed by atoms with van der Waals surface area (Å²) < 4.78 is 0. The lowest BCUT2D eigenvalue weighted by atomic mass is 9.85. The van der Waals surface area contributed by atoms with Gasteiger partial charge in [-0.1, -0.05) is 54.1 Å². The van der Waals surface area contributed by atoms with Crippen LogP contribution in [0.25, 0.3) is 5.57 Å². The summed E-state index contributed by atoms with van der Waals surface area (Å²) in [5.41, 5.74) is 4.14. The van der Waals surface area contributed by atoms with Crippen molar-refractivity contribution in [1.82, 2.24) is 5.06 Å². The van der Waals surface area contributed by atoms with Crippen molar-refractivity contribution in [1.29, 1.82) is 0 Å². The maximum Gasteiger partial charge on any atom is 0.189 e. The lowest BCUT2D eigenvalue weighted by molar-refractivity contribution is 0.105. The number of aliphatic hydroxyl groups is 1. The van der Waals surface area contributed by atoms with E-state index in [0.29, 0.717) is 17.2 Å². The molecule has 0 aliphatic carbocycles. The van der Waals surface area contributed by atoms with E-state index in [9.17, 15) is 5.11 Å². The molecule has 0 aromatic heterocycles. The molecule has 2 aromatic carbocycles. The first kappa shape index (κ1) is 18.1. The molecular weight excluding hydrogens is 366 g/mol. The van der Waals surface area contributed by atoms with Crippen LogP contribution in [0.5, 0.6) is 0 Å². The second-order valence-electron chi connectivity index (χ2n) is 6.91. The Hall–Kier alpha value is -1.30. The van der Waals surface area contributed by atoms with E-state index in [1.165, 1.54) is 11.1 Å². The highest BCUT2D eigenvalue weighted by Gasteiger charge is 2.61. The molecule has 3 unspecified atom stereocenters. The van der Waals surface area contributed by atoms with E-state index < -0.39 is 5.72 Å². The van der Waals surface area contributed by atoms with Gasteiger partial charge in [0.15, 0.2) is 5.72 Å². The van der Waals surface area contributed by atoms with Crippen LogP contribution < -0.4 is 0 Å². The summed E-state index contributed by atoms with van der Waals surface area (Å²) >= 11 is 10.7. The number of aliphatic hydroxyl groups excluding tert-OH is 1. The summed E-state index contributed by atoms with van der Waals surface area (Å²) in [6.07, 6.45) is 1.77. The smallest absolute Gasteiger partial charge is 0.189 e. The van der Waals surface area contributed by atoms with Gasteiger partial charge in [-0.15, -0.1) is 5.06 Å². The van der Waals surface area contributed by atoms with E-state index >= 15 is 0 Å². The zero-order chi connectivity index (χ0) is 18.1. The van der Waals surface area contributed by atoms with Crippen LogP contribution >= 0.6 is 24.2 Å². The van der Waals surface area contributed by atoms with Gasteiger partial charge in [-0.25, -0.2) is 0 Å². The zero-order valence-corrected chi connectivity index (χ0v) is 16.1. The van der Waals surface area contributed by atoms with Crippen molar-refractivity contribution < 1.29 is 9.94 Å². The summed E-state index contributed by atoms with van der Waals surface area (Å²) in [4.78, 5) is 6.05. The Balaban J connectivity index is 1.80. The Kier molecular flexibility index (Phi) is 5.13. The van der Waals surface area contributed by atoms with E-state index in [4.69, 9.17) is 16.4 Å². The fourth-order valence-electron chi connectivity index (χ4n) is 3.84. The van der Waals surface area contributed by atoms with Gasteiger partial charge in [-0.2, -0.15) is 12.6 Å². The molecule has 0 saturated carbocycles. The van der Waals surface area contributed by atoms with E-state index in [0.717, 1.165) is 30.5 Å². The number of piperidine rings is 1. The van der Waals surface area contributed by atoms with Crippen LogP contribution in [-0.4, -0.2) is 34.3 Å². The Labute approximate surface area is 164 Å². The second kappa shape index (κ2) is 7.37. The molecule has 2 saturated heterocycles. The van der Waals surface area contributed by atoms with E-state index in [1.807, 2.05) is 35.4 Å².